The molecule has 25 heavy (non-hydrogen) atoms. The minimum absolute atomic E-state index is 0.0494. The Morgan fingerprint density at radius 1 is 1.20 bits per heavy atom. The Labute approximate surface area is 150 Å². The van der Waals surface area contributed by atoms with Crippen molar-refractivity contribution in [2.24, 2.45) is 0 Å². The fourth-order valence-electron chi connectivity index (χ4n) is 2.25. The van der Waals surface area contributed by atoms with Gasteiger partial charge in [-0.25, -0.2) is 9.18 Å². The maximum Gasteiger partial charge on any atom is 0.338 e. The van der Waals surface area contributed by atoms with Gasteiger partial charge in [-0.05, 0) is 43.5 Å². The Kier molecular flexibility index (Phi) is 6.95. The first-order valence-corrected chi connectivity index (χ1v) is 8.29. The van der Waals surface area contributed by atoms with Crippen LogP contribution in [-0.2, 0) is 16.0 Å². The van der Waals surface area contributed by atoms with Gasteiger partial charge in [-0.2, -0.15) is 0 Å². The standard InChI is InChI=1S/C19H19ClFNO3/c1-13(7-8-14-5-3-2-4-6-14)22-18(23)12-25-19(24)15-9-10-17(21)16(20)11-15/h2-6,9-11,13H,7-8,12H2,1H3,(H,22,23). The summed E-state index contributed by atoms with van der Waals surface area (Å²) in [7, 11) is 0. The number of halogens is 2. The van der Waals surface area contributed by atoms with Crippen molar-refractivity contribution in [2.75, 3.05) is 6.61 Å². The molecule has 0 spiro atoms. The molecule has 2 rings (SSSR count). The molecule has 1 atom stereocenters. The smallest absolute Gasteiger partial charge is 0.338 e. The van der Waals surface area contributed by atoms with Crippen LogP contribution in [0.25, 0.3) is 0 Å². The van der Waals surface area contributed by atoms with Crippen LogP contribution in [0.15, 0.2) is 48.5 Å². The molecule has 6 heteroatoms. The summed E-state index contributed by atoms with van der Waals surface area (Å²) in [5, 5.41) is 2.60. The maximum atomic E-state index is 13.1. The second-order valence-corrected chi connectivity index (χ2v) is 6.11. The summed E-state index contributed by atoms with van der Waals surface area (Å²) in [4.78, 5) is 23.7. The third-order valence-electron chi connectivity index (χ3n) is 3.61. The molecule has 1 unspecified atom stereocenters. The molecule has 1 N–H and O–H groups in total. The molecule has 132 valence electrons. The monoisotopic (exact) mass is 363 g/mol. The summed E-state index contributed by atoms with van der Waals surface area (Å²) in [6.45, 7) is 1.49. The van der Waals surface area contributed by atoms with Crippen LogP contribution < -0.4 is 5.32 Å². The van der Waals surface area contributed by atoms with Gasteiger partial charge in [0.05, 0.1) is 10.6 Å². The highest BCUT2D eigenvalue weighted by Crippen LogP contribution is 2.16. The lowest BCUT2D eigenvalue weighted by molar-refractivity contribution is -0.124. The van der Waals surface area contributed by atoms with E-state index >= 15 is 0 Å². The highest BCUT2D eigenvalue weighted by molar-refractivity contribution is 6.31. The van der Waals surface area contributed by atoms with Crippen molar-refractivity contribution in [1.29, 1.82) is 0 Å². The Morgan fingerprint density at radius 2 is 1.92 bits per heavy atom. The van der Waals surface area contributed by atoms with Crippen LogP contribution in [-0.4, -0.2) is 24.5 Å². The molecular weight excluding hydrogens is 345 g/mol. The molecule has 0 fully saturated rings. The molecule has 0 aromatic heterocycles. The van der Waals surface area contributed by atoms with Crippen molar-refractivity contribution in [3.05, 3.63) is 70.5 Å². The van der Waals surface area contributed by atoms with Crippen LogP contribution in [0.5, 0.6) is 0 Å². The number of ether oxygens (including phenoxy) is 1. The minimum Gasteiger partial charge on any atom is -0.452 e. The summed E-state index contributed by atoms with van der Waals surface area (Å²) >= 11 is 5.61. The van der Waals surface area contributed by atoms with Crippen LogP contribution in [0, 0.1) is 5.82 Å². The molecule has 0 saturated heterocycles. The topological polar surface area (TPSA) is 55.4 Å². The first-order valence-electron chi connectivity index (χ1n) is 7.91. The lowest BCUT2D eigenvalue weighted by Crippen LogP contribution is -2.36. The number of amides is 1. The van der Waals surface area contributed by atoms with E-state index in [1.54, 1.807) is 0 Å². The third kappa shape index (κ3) is 6.19. The van der Waals surface area contributed by atoms with Gasteiger partial charge in [0, 0.05) is 6.04 Å². The molecule has 0 aliphatic carbocycles. The fraction of sp³-hybridized carbons (Fsp3) is 0.263. The fourth-order valence-corrected chi connectivity index (χ4v) is 2.43. The van der Waals surface area contributed by atoms with Crippen LogP contribution in [0.4, 0.5) is 4.39 Å². The predicted molar refractivity (Wildman–Crippen MR) is 94.1 cm³/mol. The first kappa shape index (κ1) is 18.9. The molecular formula is C19H19ClFNO3. The predicted octanol–water partition coefficient (Wildman–Crippen LogP) is 3.77. The van der Waals surface area contributed by atoms with Crippen molar-refractivity contribution < 1.29 is 18.7 Å². The van der Waals surface area contributed by atoms with Gasteiger partial charge in [-0.1, -0.05) is 41.9 Å². The molecule has 2 aromatic carbocycles. The second-order valence-electron chi connectivity index (χ2n) is 5.70. The molecule has 0 aliphatic rings. The zero-order valence-corrected chi connectivity index (χ0v) is 14.6. The lowest BCUT2D eigenvalue weighted by atomic mass is 10.1. The third-order valence-corrected chi connectivity index (χ3v) is 3.90. The van der Waals surface area contributed by atoms with Crippen LogP contribution in [0.3, 0.4) is 0 Å². The van der Waals surface area contributed by atoms with Crippen molar-refractivity contribution in [3.8, 4) is 0 Å². The number of nitrogens with one attached hydrogen (secondary N) is 1. The van der Waals surface area contributed by atoms with Crippen molar-refractivity contribution in [2.45, 2.75) is 25.8 Å². The van der Waals surface area contributed by atoms with E-state index in [0.717, 1.165) is 18.9 Å². The van der Waals surface area contributed by atoms with Gasteiger partial charge in [-0.15, -0.1) is 0 Å². The SMILES string of the molecule is CC(CCc1ccccc1)NC(=O)COC(=O)c1ccc(F)c(Cl)c1. The van der Waals surface area contributed by atoms with E-state index in [1.165, 1.54) is 17.7 Å². The number of hydrogen-bond acceptors (Lipinski definition) is 3. The van der Waals surface area contributed by atoms with Crippen molar-refractivity contribution >= 4 is 23.5 Å². The number of benzene rings is 2. The average molecular weight is 364 g/mol. The summed E-state index contributed by atoms with van der Waals surface area (Å²) in [5.74, 6) is -1.74. The molecule has 0 saturated carbocycles. The number of carbonyl (C=O) groups is 2. The maximum absolute atomic E-state index is 13.1. The Balaban J connectivity index is 1.74. The average Bonchev–Trinajstić information content (AvgIpc) is 2.61. The van der Waals surface area contributed by atoms with Crippen molar-refractivity contribution in [3.63, 3.8) is 0 Å². The molecule has 0 aliphatic heterocycles. The zero-order chi connectivity index (χ0) is 18.2. The van der Waals surface area contributed by atoms with E-state index in [0.29, 0.717) is 0 Å². The largest absolute Gasteiger partial charge is 0.452 e. The highest BCUT2D eigenvalue weighted by Gasteiger charge is 2.13. The summed E-state index contributed by atoms with van der Waals surface area (Å²) in [5.41, 5.74) is 1.29. The van der Waals surface area contributed by atoms with Gasteiger partial charge in [0.2, 0.25) is 0 Å². The normalized spacial score (nSPS) is 11.6. The second kappa shape index (κ2) is 9.18. The number of aryl methyl sites for hydroxylation is 1. The number of esters is 1. The molecule has 4 nitrogen and oxygen atoms in total. The summed E-state index contributed by atoms with van der Waals surface area (Å²) in [6.07, 6.45) is 1.62. The molecule has 2 aromatic rings. The van der Waals surface area contributed by atoms with Gasteiger partial charge in [0.15, 0.2) is 6.61 Å². The Hall–Kier alpha value is -2.40. The van der Waals surface area contributed by atoms with E-state index in [2.05, 4.69) is 5.32 Å². The molecule has 0 bridgehead atoms. The molecule has 1 amide bonds. The minimum atomic E-state index is -0.728. The zero-order valence-electron chi connectivity index (χ0n) is 13.8. The Bertz CT molecular complexity index is 737. The van der Waals surface area contributed by atoms with Crippen LogP contribution in [0.2, 0.25) is 5.02 Å². The van der Waals surface area contributed by atoms with Crippen LogP contribution in [0.1, 0.15) is 29.3 Å². The number of carbonyl (C=O) groups excluding carboxylic acids is 2. The summed E-state index contributed by atoms with van der Waals surface area (Å²) < 4.78 is 18.0. The number of rotatable bonds is 7. The highest BCUT2D eigenvalue weighted by atomic mass is 35.5. The van der Waals surface area contributed by atoms with Gasteiger partial charge in [0.25, 0.3) is 5.91 Å². The summed E-state index contributed by atoms with van der Waals surface area (Å²) in [6, 6.07) is 13.4. The van der Waals surface area contributed by atoms with Gasteiger partial charge < -0.3 is 10.1 Å². The molecule has 0 heterocycles. The van der Waals surface area contributed by atoms with Crippen LogP contribution >= 0.6 is 11.6 Å². The van der Waals surface area contributed by atoms with Gasteiger partial charge in [0.1, 0.15) is 5.82 Å². The van der Waals surface area contributed by atoms with E-state index in [4.69, 9.17) is 16.3 Å². The van der Waals surface area contributed by atoms with E-state index in [-0.39, 0.29) is 22.5 Å². The molecule has 0 radical (unpaired) electrons. The Morgan fingerprint density at radius 3 is 2.60 bits per heavy atom. The van der Waals surface area contributed by atoms with Gasteiger partial charge >= 0.3 is 5.97 Å². The van der Waals surface area contributed by atoms with Gasteiger partial charge in [-0.3, -0.25) is 4.79 Å². The number of hydrogen-bond donors (Lipinski definition) is 1. The van der Waals surface area contributed by atoms with E-state index in [9.17, 15) is 14.0 Å². The lowest BCUT2D eigenvalue weighted by Gasteiger charge is -2.14. The van der Waals surface area contributed by atoms with E-state index < -0.39 is 18.4 Å². The quantitative estimate of drug-likeness (QED) is 0.762. The first-order chi connectivity index (χ1) is 12.0. The van der Waals surface area contributed by atoms with E-state index in [1.807, 2.05) is 37.3 Å². The van der Waals surface area contributed by atoms with Crippen molar-refractivity contribution in [1.82, 2.24) is 5.32 Å².